The van der Waals surface area contributed by atoms with Crippen molar-refractivity contribution in [2.45, 2.75) is 63.4 Å². The maximum absolute atomic E-state index is 12.4. The quantitative estimate of drug-likeness (QED) is 0.826. The van der Waals surface area contributed by atoms with Gasteiger partial charge in [0.2, 0.25) is 11.8 Å². The van der Waals surface area contributed by atoms with Gasteiger partial charge in [-0.1, -0.05) is 19.3 Å². The number of likely N-dealkylation sites (tertiary alicyclic amines) is 1. The van der Waals surface area contributed by atoms with E-state index in [1.807, 2.05) is 4.90 Å². The number of hydrogen-bond acceptors (Lipinski definition) is 3. The summed E-state index contributed by atoms with van der Waals surface area (Å²) in [6, 6.07) is 0. The Bertz CT molecular complexity index is 428. The third-order valence-corrected chi connectivity index (χ3v) is 5.41. The standard InChI is InChI=1S/C17H28N2O3/c20-15(18-12-17(22)8-2-1-3-9-17)14-5-4-10-19(11-14)16(21)13-6-7-13/h13-14,22H,1-12H2,(H,18,20). The van der Waals surface area contributed by atoms with Crippen LogP contribution in [-0.2, 0) is 9.59 Å². The minimum atomic E-state index is -0.716. The van der Waals surface area contributed by atoms with Crippen LogP contribution in [-0.4, -0.2) is 47.1 Å². The zero-order chi connectivity index (χ0) is 15.6. The smallest absolute Gasteiger partial charge is 0.225 e. The van der Waals surface area contributed by atoms with Gasteiger partial charge in [-0.15, -0.1) is 0 Å². The molecule has 1 aliphatic heterocycles. The van der Waals surface area contributed by atoms with Gasteiger partial charge in [0.1, 0.15) is 0 Å². The summed E-state index contributed by atoms with van der Waals surface area (Å²) in [5, 5.41) is 13.4. The van der Waals surface area contributed by atoms with Crippen LogP contribution in [0.2, 0.25) is 0 Å². The van der Waals surface area contributed by atoms with Gasteiger partial charge in [-0.05, 0) is 38.5 Å². The van der Waals surface area contributed by atoms with Crippen LogP contribution in [0.4, 0.5) is 0 Å². The number of nitrogens with zero attached hydrogens (tertiary/aromatic N) is 1. The average Bonchev–Trinajstić information content (AvgIpc) is 3.38. The highest BCUT2D eigenvalue weighted by Gasteiger charge is 2.37. The molecule has 3 aliphatic rings. The third kappa shape index (κ3) is 3.80. The predicted molar refractivity (Wildman–Crippen MR) is 83.1 cm³/mol. The summed E-state index contributed by atoms with van der Waals surface area (Å²) in [6.07, 6.45) is 8.60. The van der Waals surface area contributed by atoms with Crippen molar-refractivity contribution in [3.05, 3.63) is 0 Å². The van der Waals surface area contributed by atoms with E-state index in [9.17, 15) is 14.7 Å². The molecule has 0 aromatic heterocycles. The lowest BCUT2D eigenvalue weighted by atomic mass is 9.84. The molecule has 0 aromatic rings. The lowest BCUT2D eigenvalue weighted by Crippen LogP contribution is -2.49. The maximum Gasteiger partial charge on any atom is 0.225 e. The largest absolute Gasteiger partial charge is 0.388 e. The van der Waals surface area contributed by atoms with Crippen LogP contribution in [0, 0.1) is 11.8 Å². The SMILES string of the molecule is O=C(NCC1(O)CCCCC1)C1CCCN(C(=O)C2CC2)C1. The van der Waals surface area contributed by atoms with Crippen LogP contribution < -0.4 is 5.32 Å². The van der Waals surface area contributed by atoms with Crippen molar-refractivity contribution >= 4 is 11.8 Å². The first kappa shape index (κ1) is 15.8. The number of piperidine rings is 1. The monoisotopic (exact) mass is 308 g/mol. The number of aliphatic hydroxyl groups is 1. The second kappa shape index (κ2) is 6.57. The minimum Gasteiger partial charge on any atom is -0.388 e. The molecule has 0 aromatic carbocycles. The Morgan fingerprint density at radius 3 is 2.45 bits per heavy atom. The molecule has 0 bridgehead atoms. The summed E-state index contributed by atoms with van der Waals surface area (Å²) >= 11 is 0. The van der Waals surface area contributed by atoms with Crippen molar-refractivity contribution < 1.29 is 14.7 Å². The van der Waals surface area contributed by atoms with Gasteiger partial charge in [-0.25, -0.2) is 0 Å². The molecule has 0 spiro atoms. The zero-order valence-corrected chi connectivity index (χ0v) is 13.4. The van der Waals surface area contributed by atoms with Crippen molar-refractivity contribution in [1.82, 2.24) is 10.2 Å². The topological polar surface area (TPSA) is 69.6 Å². The summed E-state index contributed by atoms with van der Waals surface area (Å²) < 4.78 is 0. The van der Waals surface area contributed by atoms with Gasteiger partial charge < -0.3 is 15.3 Å². The molecule has 2 aliphatic carbocycles. The lowest BCUT2D eigenvalue weighted by Gasteiger charge is -2.35. The zero-order valence-electron chi connectivity index (χ0n) is 13.4. The van der Waals surface area contributed by atoms with E-state index in [0.29, 0.717) is 13.1 Å². The van der Waals surface area contributed by atoms with Crippen molar-refractivity contribution in [2.75, 3.05) is 19.6 Å². The highest BCUT2D eigenvalue weighted by atomic mass is 16.3. The van der Waals surface area contributed by atoms with E-state index < -0.39 is 5.60 Å². The van der Waals surface area contributed by atoms with Crippen LogP contribution in [0.1, 0.15) is 57.8 Å². The highest BCUT2D eigenvalue weighted by Crippen LogP contribution is 2.32. The van der Waals surface area contributed by atoms with Crippen molar-refractivity contribution in [3.63, 3.8) is 0 Å². The van der Waals surface area contributed by atoms with Gasteiger partial charge >= 0.3 is 0 Å². The van der Waals surface area contributed by atoms with E-state index in [4.69, 9.17) is 0 Å². The van der Waals surface area contributed by atoms with E-state index in [1.54, 1.807) is 0 Å². The molecule has 1 heterocycles. The van der Waals surface area contributed by atoms with Gasteiger partial charge in [0.05, 0.1) is 11.5 Å². The molecule has 22 heavy (non-hydrogen) atoms. The number of amides is 2. The van der Waals surface area contributed by atoms with Gasteiger partial charge in [0.15, 0.2) is 0 Å². The Morgan fingerprint density at radius 1 is 1.05 bits per heavy atom. The van der Waals surface area contributed by atoms with Crippen molar-refractivity contribution in [2.24, 2.45) is 11.8 Å². The first-order chi connectivity index (χ1) is 10.6. The molecule has 1 saturated heterocycles. The Hall–Kier alpha value is -1.10. The molecule has 124 valence electrons. The number of rotatable bonds is 4. The van der Waals surface area contributed by atoms with Gasteiger partial charge in [0.25, 0.3) is 0 Å². The van der Waals surface area contributed by atoms with Crippen LogP contribution >= 0.6 is 0 Å². The first-order valence-electron chi connectivity index (χ1n) is 8.86. The molecule has 1 unspecified atom stereocenters. The fourth-order valence-corrected chi connectivity index (χ4v) is 3.76. The van der Waals surface area contributed by atoms with Crippen LogP contribution in [0.5, 0.6) is 0 Å². The van der Waals surface area contributed by atoms with E-state index >= 15 is 0 Å². The van der Waals surface area contributed by atoms with E-state index in [1.165, 1.54) is 6.42 Å². The van der Waals surface area contributed by atoms with Gasteiger partial charge in [-0.3, -0.25) is 9.59 Å². The number of carbonyl (C=O) groups excluding carboxylic acids is 2. The molecular formula is C17H28N2O3. The summed E-state index contributed by atoms with van der Waals surface area (Å²) in [5.74, 6) is 0.365. The molecule has 2 saturated carbocycles. The second-order valence-electron chi connectivity index (χ2n) is 7.40. The fraction of sp³-hybridized carbons (Fsp3) is 0.882. The van der Waals surface area contributed by atoms with Gasteiger partial charge in [0, 0.05) is 25.6 Å². The number of hydrogen-bond donors (Lipinski definition) is 2. The minimum absolute atomic E-state index is 0.00676. The van der Waals surface area contributed by atoms with Gasteiger partial charge in [-0.2, -0.15) is 0 Å². The molecule has 0 radical (unpaired) electrons. The summed E-state index contributed by atoms with van der Waals surface area (Å²) in [6.45, 7) is 1.71. The van der Waals surface area contributed by atoms with Crippen molar-refractivity contribution in [3.8, 4) is 0 Å². The molecular weight excluding hydrogens is 280 g/mol. The summed E-state index contributed by atoms with van der Waals surface area (Å²) in [7, 11) is 0. The Balaban J connectivity index is 1.47. The van der Waals surface area contributed by atoms with Crippen LogP contribution in [0.3, 0.4) is 0 Å². The number of nitrogens with one attached hydrogen (secondary N) is 1. The Morgan fingerprint density at radius 2 is 1.77 bits per heavy atom. The van der Waals surface area contributed by atoms with Crippen LogP contribution in [0.25, 0.3) is 0 Å². The summed E-state index contributed by atoms with van der Waals surface area (Å²) in [4.78, 5) is 26.4. The lowest BCUT2D eigenvalue weighted by molar-refractivity contribution is -0.137. The molecule has 5 nitrogen and oxygen atoms in total. The number of carbonyl (C=O) groups is 2. The summed E-state index contributed by atoms with van der Waals surface area (Å²) in [5.41, 5.74) is -0.716. The maximum atomic E-state index is 12.4. The van der Waals surface area contributed by atoms with E-state index in [0.717, 1.165) is 57.9 Å². The molecule has 2 amide bonds. The normalized spacial score (nSPS) is 28.2. The highest BCUT2D eigenvalue weighted by molar-refractivity contribution is 5.83. The average molecular weight is 308 g/mol. The second-order valence-corrected chi connectivity index (χ2v) is 7.40. The third-order valence-electron chi connectivity index (χ3n) is 5.41. The fourth-order valence-electron chi connectivity index (χ4n) is 3.76. The predicted octanol–water partition coefficient (Wildman–Crippen LogP) is 1.45. The van der Waals surface area contributed by atoms with Crippen LogP contribution in [0.15, 0.2) is 0 Å². The molecule has 2 N–H and O–H groups in total. The Kier molecular flexibility index (Phi) is 4.71. The van der Waals surface area contributed by atoms with Crippen molar-refractivity contribution in [1.29, 1.82) is 0 Å². The van der Waals surface area contributed by atoms with E-state index in [2.05, 4.69) is 5.32 Å². The molecule has 3 rings (SSSR count). The first-order valence-corrected chi connectivity index (χ1v) is 8.86. The van der Waals surface area contributed by atoms with E-state index in [-0.39, 0.29) is 23.7 Å². The molecule has 3 fully saturated rings. The Labute approximate surface area is 132 Å². The molecule has 5 heteroatoms. The molecule has 1 atom stereocenters.